The Balaban J connectivity index is 1.60. The van der Waals surface area contributed by atoms with E-state index in [1.807, 2.05) is 0 Å². The summed E-state index contributed by atoms with van der Waals surface area (Å²) >= 11 is 1.69. The number of ether oxygens (including phenoxy) is 2. The van der Waals surface area contributed by atoms with Crippen LogP contribution in [0.4, 0.5) is 4.39 Å². The molecule has 1 aromatic heterocycles. The Morgan fingerprint density at radius 1 is 1.35 bits per heavy atom. The van der Waals surface area contributed by atoms with Crippen LogP contribution in [0.5, 0.6) is 5.75 Å². The third-order valence-corrected chi connectivity index (χ3v) is 3.96. The minimum Gasteiger partial charge on any atom is -0.467 e. The van der Waals surface area contributed by atoms with Crippen molar-refractivity contribution in [1.29, 1.82) is 0 Å². The van der Waals surface area contributed by atoms with Crippen molar-refractivity contribution < 1.29 is 13.9 Å². The van der Waals surface area contributed by atoms with Crippen LogP contribution < -0.4 is 10.1 Å². The molecule has 3 nitrogen and oxygen atoms in total. The van der Waals surface area contributed by atoms with Gasteiger partial charge in [0.25, 0.3) is 0 Å². The molecule has 0 atom stereocenters. The van der Waals surface area contributed by atoms with E-state index in [0.29, 0.717) is 6.61 Å². The van der Waals surface area contributed by atoms with E-state index in [1.54, 1.807) is 17.4 Å². The van der Waals surface area contributed by atoms with Crippen LogP contribution in [0.3, 0.4) is 0 Å². The molecule has 0 fully saturated rings. The predicted octanol–water partition coefficient (Wildman–Crippen LogP) is 3.09. The number of hydrogen-bond donors (Lipinski definition) is 1. The van der Waals surface area contributed by atoms with Crippen molar-refractivity contribution in [3.05, 3.63) is 51.5 Å². The summed E-state index contributed by atoms with van der Waals surface area (Å²) in [6.07, 6.45) is 0.740. The Morgan fingerprint density at radius 2 is 2.30 bits per heavy atom. The lowest BCUT2D eigenvalue weighted by molar-refractivity contribution is -0.0172. The quantitative estimate of drug-likeness (QED) is 0.859. The van der Waals surface area contributed by atoms with Crippen molar-refractivity contribution >= 4 is 11.3 Å². The zero-order valence-corrected chi connectivity index (χ0v) is 11.8. The summed E-state index contributed by atoms with van der Waals surface area (Å²) in [6, 6.07) is 5.13. The highest BCUT2D eigenvalue weighted by atomic mass is 32.1. The number of halogens is 1. The van der Waals surface area contributed by atoms with Crippen LogP contribution in [0.1, 0.15) is 16.7 Å². The monoisotopic (exact) mass is 293 g/mol. The van der Waals surface area contributed by atoms with Crippen LogP contribution in [0.25, 0.3) is 0 Å². The van der Waals surface area contributed by atoms with Gasteiger partial charge < -0.3 is 14.8 Å². The lowest BCUT2D eigenvalue weighted by Crippen LogP contribution is -2.18. The van der Waals surface area contributed by atoms with Crippen molar-refractivity contribution in [2.45, 2.75) is 19.6 Å². The number of nitrogens with one attached hydrogen (secondary N) is 1. The number of benzene rings is 1. The van der Waals surface area contributed by atoms with Crippen LogP contribution in [-0.4, -0.2) is 13.3 Å². The molecule has 3 rings (SSSR count). The van der Waals surface area contributed by atoms with Gasteiger partial charge in [0.15, 0.2) is 6.79 Å². The van der Waals surface area contributed by atoms with Crippen LogP contribution in [0.2, 0.25) is 0 Å². The smallest absolute Gasteiger partial charge is 0.189 e. The van der Waals surface area contributed by atoms with Gasteiger partial charge >= 0.3 is 0 Å². The Hall–Kier alpha value is -1.43. The SMILES string of the molecule is Fc1cc(CCNCc2ccsc2)c2c(c1)COCO2. The molecule has 2 aromatic rings. The first-order valence-corrected chi connectivity index (χ1v) is 7.51. The summed E-state index contributed by atoms with van der Waals surface area (Å²) in [7, 11) is 0. The predicted molar refractivity (Wildman–Crippen MR) is 76.4 cm³/mol. The molecule has 0 spiro atoms. The fourth-order valence-electron chi connectivity index (χ4n) is 2.29. The lowest BCUT2D eigenvalue weighted by atomic mass is 10.1. The van der Waals surface area contributed by atoms with E-state index >= 15 is 0 Å². The van der Waals surface area contributed by atoms with Crippen LogP contribution in [0.15, 0.2) is 29.0 Å². The first kappa shape index (κ1) is 13.5. The highest BCUT2D eigenvalue weighted by Crippen LogP contribution is 2.29. The third kappa shape index (κ3) is 3.17. The standard InChI is InChI=1S/C15H16FNO2S/c16-14-5-12(15-13(6-14)8-18-10-19-15)1-3-17-7-11-2-4-20-9-11/h2,4-6,9,17H,1,3,7-8,10H2. The molecule has 20 heavy (non-hydrogen) atoms. The fourth-order valence-corrected chi connectivity index (χ4v) is 2.96. The Kier molecular flexibility index (Phi) is 4.30. The molecule has 0 radical (unpaired) electrons. The van der Waals surface area contributed by atoms with Crippen molar-refractivity contribution in [3.8, 4) is 5.75 Å². The molecule has 0 bridgehead atoms. The Bertz CT molecular complexity index is 572. The van der Waals surface area contributed by atoms with E-state index in [0.717, 1.165) is 36.4 Å². The zero-order chi connectivity index (χ0) is 13.8. The molecule has 0 amide bonds. The van der Waals surface area contributed by atoms with Crippen LogP contribution in [-0.2, 0) is 24.3 Å². The highest BCUT2D eigenvalue weighted by Gasteiger charge is 2.16. The van der Waals surface area contributed by atoms with E-state index in [2.05, 4.69) is 22.1 Å². The normalized spacial score (nSPS) is 13.8. The minimum absolute atomic E-state index is 0.231. The second-order valence-corrected chi connectivity index (χ2v) is 5.50. The maximum atomic E-state index is 13.6. The molecule has 0 aliphatic carbocycles. The zero-order valence-electron chi connectivity index (χ0n) is 11.0. The van der Waals surface area contributed by atoms with Gasteiger partial charge in [0, 0.05) is 12.1 Å². The second-order valence-electron chi connectivity index (χ2n) is 4.72. The molecule has 1 N–H and O–H groups in total. The topological polar surface area (TPSA) is 30.5 Å². The van der Waals surface area contributed by atoms with E-state index in [-0.39, 0.29) is 12.6 Å². The Labute approximate surface area is 121 Å². The Morgan fingerprint density at radius 3 is 3.15 bits per heavy atom. The van der Waals surface area contributed by atoms with Gasteiger partial charge in [-0.3, -0.25) is 0 Å². The average Bonchev–Trinajstić information content (AvgIpc) is 2.96. The van der Waals surface area contributed by atoms with Crippen molar-refractivity contribution in [2.24, 2.45) is 0 Å². The van der Waals surface area contributed by atoms with Gasteiger partial charge in [0.2, 0.25) is 0 Å². The molecule has 1 aliphatic rings. The molecule has 2 heterocycles. The highest BCUT2D eigenvalue weighted by molar-refractivity contribution is 7.07. The summed E-state index contributed by atoms with van der Waals surface area (Å²) in [5.41, 5.74) is 2.98. The number of fused-ring (bicyclic) bond motifs is 1. The van der Waals surface area contributed by atoms with E-state index in [4.69, 9.17) is 9.47 Å². The van der Waals surface area contributed by atoms with Crippen molar-refractivity contribution in [1.82, 2.24) is 5.32 Å². The van der Waals surface area contributed by atoms with Crippen molar-refractivity contribution in [2.75, 3.05) is 13.3 Å². The molecule has 0 saturated heterocycles. The molecule has 106 valence electrons. The summed E-state index contributed by atoms with van der Waals surface area (Å²) in [5, 5.41) is 7.55. The minimum atomic E-state index is -0.231. The lowest BCUT2D eigenvalue weighted by Gasteiger charge is -2.21. The van der Waals surface area contributed by atoms with E-state index in [1.165, 1.54) is 11.6 Å². The number of hydrogen-bond acceptors (Lipinski definition) is 4. The summed E-state index contributed by atoms with van der Waals surface area (Å²) < 4.78 is 24.2. The molecular weight excluding hydrogens is 277 g/mol. The first-order valence-electron chi connectivity index (χ1n) is 6.56. The van der Waals surface area contributed by atoms with E-state index < -0.39 is 0 Å². The number of thiophene rings is 1. The van der Waals surface area contributed by atoms with Crippen molar-refractivity contribution in [3.63, 3.8) is 0 Å². The van der Waals surface area contributed by atoms with Gasteiger partial charge in [-0.15, -0.1) is 0 Å². The van der Waals surface area contributed by atoms with Gasteiger partial charge in [-0.1, -0.05) is 0 Å². The first-order chi connectivity index (χ1) is 9.83. The third-order valence-electron chi connectivity index (χ3n) is 3.23. The molecule has 0 saturated carbocycles. The second kappa shape index (κ2) is 6.35. The van der Waals surface area contributed by atoms with E-state index in [9.17, 15) is 4.39 Å². The van der Waals surface area contributed by atoms with Gasteiger partial charge in [0.1, 0.15) is 11.6 Å². The van der Waals surface area contributed by atoms with Gasteiger partial charge in [-0.25, -0.2) is 4.39 Å². The molecule has 1 aromatic carbocycles. The molecule has 1 aliphatic heterocycles. The summed E-state index contributed by atoms with van der Waals surface area (Å²) in [5.74, 6) is 0.556. The maximum Gasteiger partial charge on any atom is 0.189 e. The molecule has 5 heteroatoms. The molecule has 0 unspecified atom stereocenters. The van der Waals surface area contributed by atoms with Gasteiger partial charge in [0.05, 0.1) is 6.61 Å². The largest absolute Gasteiger partial charge is 0.467 e. The summed E-state index contributed by atoms with van der Waals surface area (Å²) in [6.45, 7) is 2.29. The number of rotatable bonds is 5. The fraction of sp³-hybridized carbons (Fsp3) is 0.333. The average molecular weight is 293 g/mol. The summed E-state index contributed by atoms with van der Waals surface area (Å²) in [4.78, 5) is 0. The van der Waals surface area contributed by atoms with Crippen LogP contribution >= 0.6 is 11.3 Å². The van der Waals surface area contributed by atoms with Gasteiger partial charge in [-0.2, -0.15) is 11.3 Å². The van der Waals surface area contributed by atoms with Crippen LogP contribution in [0, 0.1) is 5.82 Å². The maximum absolute atomic E-state index is 13.6. The van der Waals surface area contributed by atoms with Gasteiger partial charge in [-0.05, 0) is 53.1 Å². The molecular formula is C15H16FNO2S.